The Hall–Kier alpha value is -2.80. The molecule has 1 atom stereocenters. The number of amides is 1. The van der Waals surface area contributed by atoms with E-state index < -0.39 is 0 Å². The zero-order valence-corrected chi connectivity index (χ0v) is 16.2. The normalized spacial score (nSPS) is 17.7. The average molecular weight is 386 g/mol. The maximum absolute atomic E-state index is 12.3. The summed E-state index contributed by atoms with van der Waals surface area (Å²) in [4.78, 5) is 12.9. The van der Waals surface area contributed by atoms with Crippen LogP contribution >= 0.6 is 11.8 Å². The van der Waals surface area contributed by atoms with Gasteiger partial charge in [-0.2, -0.15) is 0 Å². The number of ether oxygens (including phenoxy) is 2. The van der Waals surface area contributed by atoms with Crippen molar-refractivity contribution in [2.45, 2.75) is 18.8 Å². The third kappa shape index (κ3) is 4.31. The molecule has 0 aliphatic carbocycles. The van der Waals surface area contributed by atoms with Crippen molar-refractivity contribution >= 4 is 29.4 Å². The molecule has 27 heavy (non-hydrogen) atoms. The lowest BCUT2D eigenvalue weighted by Gasteiger charge is -2.13. The summed E-state index contributed by atoms with van der Waals surface area (Å²) in [5.74, 6) is 0.347. The third-order valence-electron chi connectivity index (χ3n) is 4.19. The molecule has 6 nitrogen and oxygen atoms in total. The van der Waals surface area contributed by atoms with Crippen LogP contribution in [0.15, 0.2) is 41.3 Å². The fourth-order valence-electron chi connectivity index (χ4n) is 2.70. The fraction of sp³-hybridized carbons (Fsp3) is 0.250. The van der Waals surface area contributed by atoms with Crippen molar-refractivity contribution in [1.82, 2.24) is 5.32 Å². The highest BCUT2D eigenvalue weighted by molar-refractivity contribution is 8.05. The van der Waals surface area contributed by atoms with Gasteiger partial charge in [-0.25, -0.2) is 0 Å². The third-order valence-corrected chi connectivity index (χ3v) is 5.22. The highest BCUT2D eigenvalue weighted by Crippen LogP contribution is 2.39. The first-order valence-electron chi connectivity index (χ1n) is 8.53. The van der Waals surface area contributed by atoms with E-state index in [0.717, 1.165) is 12.1 Å². The number of hydrogen-bond donors (Lipinski definition) is 3. The standard InChI is InChI=1S/C20H22N2O4S/c1-4-12-5-7-14(8-6-12)21-20-22-19(24)17(27-20)11-13-9-15(25-2)18(23)16(10-13)26-3/h5-11,20-21,23H,4H2,1-3H3,(H,22,24)/b17-11-/t20-/m0/s1. The Morgan fingerprint density at radius 2 is 1.81 bits per heavy atom. The van der Waals surface area contributed by atoms with E-state index >= 15 is 0 Å². The van der Waals surface area contributed by atoms with Crippen molar-refractivity contribution in [2.75, 3.05) is 19.5 Å². The highest BCUT2D eigenvalue weighted by Gasteiger charge is 2.27. The Morgan fingerprint density at radius 1 is 1.19 bits per heavy atom. The van der Waals surface area contributed by atoms with E-state index in [2.05, 4.69) is 29.7 Å². The molecule has 1 saturated heterocycles. The maximum atomic E-state index is 12.3. The van der Waals surface area contributed by atoms with Gasteiger partial charge in [-0.3, -0.25) is 4.79 Å². The van der Waals surface area contributed by atoms with E-state index in [-0.39, 0.29) is 28.7 Å². The molecule has 0 aromatic heterocycles. The van der Waals surface area contributed by atoms with Gasteiger partial charge in [0.05, 0.1) is 19.1 Å². The van der Waals surface area contributed by atoms with Crippen LogP contribution in [0.2, 0.25) is 0 Å². The number of nitrogens with one attached hydrogen (secondary N) is 2. The second-order valence-electron chi connectivity index (χ2n) is 5.95. The number of benzene rings is 2. The summed E-state index contributed by atoms with van der Waals surface area (Å²) in [5, 5.41) is 16.2. The van der Waals surface area contributed by atoms with E-state index in [9.17, 15) is 9.90 Å². The first kappa shape index (κ1) is 19.0. The molecule has 2 aromatic carbocycles. The smallest absolute Gasteiger partial charge is 0.260 e. The topological polar surface area (TPSA) is 79.8 Å². The number of phenolic OH excluding ortho intramolecular Hbond substituents is 1. The van der Waals surface area contributed by atoms with Crippen molar-refractivity contribution in [1.29, 1.82) is 0 Å². The Labute approximate surface area is 162 Å². The number of carbonyl (C=O) groups excluding carboxylic acids is 1. The molecular weight excluding hydrogens is 364 g/mol. The van der Waals surface area contributed by atoms with Crippen molar-refractivity contribution < 1.29 is 19.4 Å². The van der Waals surface area contributed by atoms with Crippen LogP contribution in [0.3, 0.4) is 0 Å². The first-order valence-corrected chi connectivity index (χ1v) is 9.41. The largest absolute Gasteiger partial charge is 0.502 e. The maximum Gasteiger partial charge on any atom is 0.260 e. The number of anilines is 1. The van der Waals surface area contributed by atoms with Gasteiger partial charge in [-0.15, -0.1) is 0 Å². The Kier molecular flexibility index (Phi) is 5.81. The molecule has 1 aliphatic heterocycles. The molecule has 0 radical (unpaired) electrons. The van der Waals surface area contributed by atoms with Crippen LogP contribution < -0.4 is 20.1 Å². The summed E-state index contributed by atoms with van der Waals surface area (Å²) < 4.78 is 10.3. The molecule has 7 heteroatoms. The van der Waals surface area contributed by atoms with Gasteiger partial charge in [0.15, 0.2) is 17.0 Å². The van der Waals surface area contributed by atoms with Crippen molar-refractivity contribution in [2.24, 2.45) is 0 Å². The minimum Gasteiger partial charge on any atom is -0.502 e. The quantitative estimate of drug-likeness (QED) is 0.659. The van der Waals surface area contributed by atoms with E-state index in [4.69, 9.17) is 9.47 Å². The molecule has 3 rings (SSSR count). The highest BCUT2D eigenvalue weighted by atomic mass is 32.2. The van der Waals surface area contributed by atoms with Crippen molar-refractivity contribution in [3.8, 4) is 17.2 Å². The van der Waals surface area contributed by atoms with E-state index in [1.165, 1.54) is 31.5 Å². The number of carbonyl (C=O) groups is 1. The molecule has 1 fully saturated rings. The molecule has 1 amide bonds. The second-order valence-corrected chi connectivity index (χ2v) is 7.10. The molecule has 0 unspecified atom stereocenters. The van der Waals surface area contributed by atoms with E-state index in [0.29, 0.717) is 10.5 Å². The Balaban J connectivity index is 1.76. The number of aromatic hydroxyl groups is 1. The zero-order valence-electron chi connectivity index (χ0n) is 15.4. The molecule has 0 saturated carbocycles. The minimum absolute atomic E-state index is 0.0688. The molecule has 2 aromatic rings. The van der Waals surface area contributed by atoms with Gasteiger partial charge in [0.2, 0.25) is 5.75 Å². The Morgan fingerprint density at radius 3 is 2.37 bits per heavy atom. The van der Waals surface area contributed by atoms with E-state index in [1.54, 1.807) is 18.2 Å². The molecule has 1 heterocycles. The lowest BCUT2D eigenvalue weighted by Crippen LogP contribution is -2.30. The van der Waals surface area contributed by atoms with Gasteiger partial charge in [-0.1, -0.05) is 30.8 Å². The van der Waals surface area contributed by atoms with Gasteiger partial charge in [-0.05, 0) is 47.9 Å². The molecule has 3 N–H and O–H groups in total. The van der Waals surface area contributed by atoms with Gasteiger partial charge in [0, 0.05) is 5.69 Å². The monoisotopic (exact) mass is 386 g/mol. The molecule has 142 valence electrons. The zero-order chi connectivity index (χ0) is 19.4. The second kappa shape index (κ2) is 8.26. The number of rotatable bonds is 6. The van der Waals surface area contributed by atoms with Crippen LogP contribution in [0.4, 0.5) is 5.69 Å². The van der Waals surface area contributed by atoms with Gasteiger partial charge in [0.1, 0.15) is 0 Å². The Bertz CT molecular complexity index is 840. The fourth-order valence-corrected chi connectivity index (χ4v) is 3.69. The summed E-state index contributed by atoms with van der Waals surface area (Å²) in [5.41, 5.74) is 2.66. The predicted molar refractivity (Wildman–Crippen MR) is 108 cm³/mol. The first-order chi connectivity index (χ1) is 13.0. The lowest BCUT2D eigenvalue weighted by atomic mass is 10.1. The van der Waals surface area contributed by atoms with Crippen LogP contribution in [-0.2, 0) is 11.2 Å². The van der Waals surface area contributed by atoms with Crippen LogP contribution in [0, 0.1) is 0 Å². The summed E-state index contributed by atoms with van der Waals surface area (Å²) >= 11 is 1.39. The van der Waals surface area contributed by atoms with Crippen molar-refractivity contribution in [3.05, 3.63) is 52.4 Å². The number of thioether (sulfide) groups is 1. The number of aryl methyl sites for hydroxylation is 1. The summed E-state index contributed by atoms with van der Waals surface area (Å²) in [6, 6.07) is 11.4. The summed E-state index contributed by atoms with van der Waals surface area (Å²) in [7, 11) is 2.93. The van der Waals surface area contributed by atoms with Crippen molar-refractivity contribution in [3.63, 3.8) is 0 Å². The van der Waals surface area contributed by atoms with Gasteiger partial charge >= 0.3 is 0 Å². The number of hydrogen-bond acceptors (Lipinski definition) is 6. The van der Waals surface area contributed by atoms with E-state index in [1.807, 2.05) is 12.1 Å². The molecule has 0 spiro atoms. The number of methoxy groups -OCH3 is 2. The predicted octanol–water partition coefficient (Wildman–Crippen LogP) is 3.57. The average Bonchev–Trinajstić information content (AvgIpc) is 3.02. The summed E-state index contributed by atoms with van der Waals surface area (Å²) in [6.45, 7) is 2.11. The molecular formula is C20H22N2O4S. The molecule has 1 aliphatic rings. The van der Waals surface area contributed by atoms with Crippen LogP contribution in [0.5, 0.6) is 17.2 Å². The summed E-state index contributed by atoms with van der Waals surface area (Å²) in [6.07, 6.45) is 2.73. The van der Waals surface area contributed by atoms with Crippen LogP contribution in [0.25, 0.3) is 6.08 Å². The number of phenols is 1. The van der Waals surface area contributed by atoms with Gasteiger partial charge < -0.3 is 25.2 Å². The van der Waals surface area contributed by atoms with Crippen LogP contribution in [-0.4, -0.2) is 30.7 Å². The lowest BCUT2D eigenvalue weighted by molar-refractivity contribution is -0.116. The minimum atomic E-state index is -0.253. The van der Waals surface area contributed by atoms with Crippen LogP contribution in [0.1, 0.15) is 18.1 Å². The van der Waals surface area contributed by atoms with Gasteiger partial charge in [0.25, 0.3) is 5.91 Å². The molecule has 0 bridgehead atoms. The SMILES string of the molecule is CCc1ccc(N[C@H]2NC(=O)/C(=C/c3cc(OC)c(O)c(OC)c3)S2)cc1.